The lowest BCUT2D eigenvalue weighted by Gasteiger charge is -2.11. The zero-order chi connectivity index (χ0) is 8.53. The highest BCUT2D eigenvalue weighted by atomic mass is 31.2. The summed E-state index contributed by atoms with van der Waals surface area (Å²) in [7, 11) is -1.15. The van der Waals surface area contributed by atoms with Crippen LogP contribution in [-0.4, -0.2) is 13.2 Å². The van der Waals surface area contributed by atoms with Crippen LogP contribution in [0, 0.1) is 0 Å². The highest BCUT2D eigenvalue weighted by Crippen LogP contribution is 2.39. The molecule has 0 unspecified atom stereocenters. The number of hydrogen-bond acceptors (Lipinski definition) is 3. The smallest absolute Gasteiger partial charge is 0.396 e. The third-order valence-electron chi connectivity index (χ3n) is 0.752. The predicted octanol–water partition coefficient (Wildman–Crippen LogP) is 2.84. The maximum absolute atomic E-state index is 5.15. The number of hydrogen-bond donors (Lipinski definition) is 0. The number of rotatable bonds is 6. The van der Waals surface area contributed by atoms with E-state index in [4.69, 9.17) is 13.6 Å². The van der Waals surface area contributed by atoms with Crippen LogP contribution in [-0.2, 0) is 13.6 Å². The minimum absolute atomic E-state index is 0.614. The van der Waals surface area contributed by atoms with E-state index in [9.17, 15) is 0 Å². The third kappa shape index (κ3) is 6.29. The Balaban J connectivity index is 3.50. The van der Waals surface area contributed by atoms with Gasteiger partial charge in [-0.2, -0.15) is 0 Å². The van der Waals surface area contributed by atoms with E-state index in [0.717, 1.165) is 0 Å². The fraction of sp³-hybridized carbons (Fsp3) is 0.714. The first-order valence-corrected chi connectivity index (χ1v) is 4.78. The first-order valence-electron chi connectivity index (χ1n) is 3.69. The normalized spacial score (nSPS) is 11.3. The quantitative estimate of drug-likeness (QED) is 0.462. The van der Waals surface area contributed by atoms with Gasteiger partial charge in [-0.05, 0) is 20.8 Å². The van der Waals surface area contributed by atoms with Gasteiger partial charge in [0.05, 0.1) is 19.5 Å². The molecule has 11 heavy (non-hydrogen) atoms. The van der Waals surface area contributed by atoms with Crippen LogP contribution < -0.4 is 0 Å². The SMILES string of the molecule is C/C=C/OP(OCC)OCC. The first kappa shape index (κ1) is 10.9. The van der Waals surface area contributed by atoms with Crippen molar-refractivity contribution in [2.45, 2.75) is 20.8 Å². The minimum atomic E-state index is -1.15. The summed E-state index contributed by atoms with van der Waals surface area (Å²) in [4.78, 5) is 0. The fourth-order valence-corrected chi connectivity index (χ4v) is 1.26. The van der Waals surface area contributed by atoms with Gasteiger partial charge in [0.2, 0.25) is 0 Å². The van der Waals surface area contributed by atoms with Crippen molar-refractivity contribution in [1.82, 2.24) is 0 Å². The van der Waals surface area contributed by atoms with Gasteiger partial charge in [-0.1, -0.05) is 6.08 Å². The monoisotopic (exact) mass is 178 g/mol. The largest absolute Gasteiger partial charge is 0.435 e. The van der Waals surface area contributed by atoms with E-state index in [0.29, 0.717) is 13.2 Å². The average molecular weight is 178 g/mol. The first-order chi connectivity index (χ1) is 5.35. The molecule has 0 aliphatic carbocycles. The van der Waals surface area contributed by atoms with Crippen molar-refractivity contribution >= 4 is 8.60 Å². The van der Waals surface area contributed by atoms with E-state index >= 15 is 0 Å². The summed E-state index contributed by atoms with van der Waals surface area (Å²) in [6.45, 7) is 6.93. The second-order valence-electron chi connectivity index (χ2n) is 1.63. The second kappa shape index (κ2) is 7.99. The van der Waals surface area contributed by atoms with E-state index in [-0.39, 0.29) is 0 Å². The van der Waals surface area contributed by atoms with Crippen LogP contribution in [0.5, 0.6) is 0 Å². The van der Waals surface area contributed by atoms with Gasteiger partial charge in [-0.25, -0.2) is 0 Å². The molecule has 0 aliphatic heterocycles. The molecule has 4 heteroatoms. The lowest BCUT2D eigenvalue weighted by molar-refractivity contribution is 0.207. The molecule has 0 aromatic rings. The molecule has 0 heterocycles. The Hall–Kier alpha value is -0.110. The van der Waals surface area contributed by atoms with Crippen molar-refractivity contribution in [2.24, 2.45) is 0 Å². The van der Waals surface area contributed by atoms with Crippen LogP contribution in [0.2, 0.25) is 0 Å². The van der Waals surface area contributed by atoms with Gasteiger partial charge in [0, 0.05) is 0 Å². The van der Waals surface area contributed by atoms with Crippen LogP contribution in [0.4, 0.5) is 0 Å². The summed E-state index contributed by atoms with van der Waals surface area (Å²) >= 11 is 0. The summed E-state index contributed by atoms with van der Waals surface area (Å²) < 4.78 is 15.4. The van der Waals surface area contributed by atoms with E-state index in [1.165, 1.54) is 0 Å². The van der Waals surface area contributed by atoms with E-state index < -0.39 is 8.60 Å². The Bertz CT molecular complexity index is 99.9. The third-order valence-corrected chi connectivity index (χ3v) is 1.98. The molecule has 3 nitrogen and oxygen atoms in total. The maximum Gasteiger partial charge on any atom is 0.396 e. The van der Waals surface area contributed by atoms with Crippen LogP contribution in [0.1, 0.15) is 20.8 Å². The molecule has 0 rings (SSSR count). The zero-order valence-corrected chi connectivity index (χ0v) is 8.14. The summed E-state index contributed by atoms with van der Waals surface area (Å²) in [6.07, 6.45) is 3.38. The molecular weight excluding hydrogens is 163 g/mol. The molecule has 0 saturated carbocycles. The lowest BCUT2D eigenvalue weighted by Crippen LogP contribution is -1.90. The summed E-state index contributed by atoms with van der Waals surface area (Å²) in [5, 5.41) is 0. The lowest BCUT2D eigenvalue weighted by atomic mass is 10.8. The minimum Gasteiger partial charge on any atom is -0.435 e. The van der Waals surface area contributed by atoms with Gasteiger partial charge in [0.15, 0.2) is 0 Å². The molecule has 0 aliphatic rings. The highest BCUT2D eigenvalue weighted by molar-refractivity contribution is 7.41. The summed E-state index contributed by atoms with van der Waals surface area (Å²) in [5.74, 6) is 0. The van der Waals surface area contributed by atoms with Crippen molar-refractivity contribution in [3.8, 4) is 0 Å². The van der Waals surface area contributed by atoms with Gasteiger partial charge >= 0.3 is 8.60 Å². The standard InChI is InChI=1S/C7H15O3P/c1-4-7-10-11(8-5-2)9-6-3/h4,7H,5-6H2,1-3H3/b7-4+. The highest BCUT2D eigenvalue weighted by Gasteiger charge is 2.08. The predicted molar refractivity (Wildman–Crippen MR) is 46.1 cm³/mol. The topological polar surface area (TPSA) is 27.7 Å². The van der Waals surface area contributed by atoms with Gasteiger partial charge in [0.1, 0.15) is 0 Å². The van der Waals surface area contributed by atoms with Gasteiger partial charge in [0.25, 0.3) is 0 Å². The molecule has 0 radical (unpaired) electrons. The second-order valence-corrected chi connectivity index (χ2v) is 2.81. The molecule has 0 aromatic carbocycles. The van der Waals surface area contributed by atoms with Crippen molar-refractivity contribution in [1.29, 1.82) is 0 Å². The molecule has 0 atom stereocenters. The van der Waals surface area contributed by atoms with E-state index in [1.54, 1.807) is 12.3 Å². The van der Waals surface area contributed by atoms with Crippen molar-refractivity contribution in [3.63, 3.8) is 0 Å². The molecule has 0 saturated heterocycles. The summed E-state index contributed by atoms with van der Waals surface area (Å²) in [5.41, 5.74) is 0. The average Bonchev–Trinajstić information content (AvgIpc) is 2.01. The van der Waals surface area contributed by atoms with Gasteiger partial charge < -0.3 is 13.6 Å². The van der Waals surface area contributed by atoms with E-state index in [2.05, 4.69) is 0 Å². The fourth-order valence-electron chi connectivity index (χ4n) is 0.419. The number of allylic oxidation sites excluding steroid dienone is 1. The molecule has 66 valence electrons. The van der Waals surface area contributed by atoms with Crippen molar-refractivity contribution < 1.29 is 13.6 Å². The molecular formula is C7H15O3P. The van der Waals surface area contributed by atoms with Crippen molar-refractivity contribution in [3.05, 3.63) is 12.3 Å². The van der Waals surface area contributed by atoms with Crippen LogP contribution >= 0.6 is 8.60 Å². The van der Waals surface area contributed by atoms with Crippen molar-refractivity contribution in [2.75, 3.05) is 13.2 Å². The van der Waals surface area contributed by atoms with Gasteiger partial charge in [-0.15, -0.1) is 0 Å². The zero-order valence-electron chi connectivity index (χ0n) is 7.24. The maximum atomic E-state index is 5.15. The molecule has 0 spiro atoms. The Morgan fingerprint density at radius 1 is 1.18 bits per heavy atom. The van der Waals surface area contributed by atoms with Crippen LogP contribution in [0.15, 0.2) is 12.3 Å². The Labute approximate surface area is 69.3 Å². The molecule has 0 bridgehead atoms. The van der Waals surface area contributed by atoms with E-state index in [1.807, 2.05) is 20.8 Å². The van der Waals surface area contributed by atoms with Crippen LogP contribution in [0.3, 0.4) is 0 Å². The Morgan fingerprint density at radius 3 is 2.09 bits per heavy atom. The molecule has 0 amide bonds. The Morgan fingerprint density at radius 2 is 1.73 bits per heavy atom. The van der Waals surface area contributed by atoms with Gasteiger partial charge in [-0.3, -0.25) is 0 Å². The summed E-state index contributed by atoms with van der Waals surface area (Å²) in [6, 6.07) is 0. The molecule has 0 fully saturated rings. The molecule has 0 aromatic heterocycles. The molecule has 0 N–H and O–H groups in total. The Kier molecular flexibility index (Phi) is 7.91. The van der Waals surface area contributed by atoms with Crippen LogP contribution in [0.25, 0.3) is 0 Å².